The number of aryl methyl sites for hydroxylation is 1. The van der Waals surface area contributed by atoms with E-state index >= 15 is 0 Å². The lowest BCUT2D eigenvalue weighted by Crippen LogP contribution is -2.15. The van der Waals surface area contributed by atoms with Crippen molar-refractivity contribution in [1.29, 1.82) is 0 Å². The van der Waals surface area contributed by atoms with Gasteiger partial charge in [-0.1, -0.05) is 0 Å². The van der Waals surface area contributed by atoms with E-state index in [-0.39, 0.29) is 0 Å². The number of hydrogen-bond acceptors (Lipinski definition) is 3. The van der Waals surface area contributed by atoms with Crippen LogP contribution >= 0.6 is 0 Å². The highest BCUT2D eigenvalue weighted by atomic mass is 16.5. The molecule has 90 valence electrons. The summed E-state index contributed by atoms with van der Waals surface area (Å²) in [6.07, 6.45) is 1.21. The summed E-state index contributed by atoms with van der Waals surface area (Å²) < 4.78 is 5.81. The van der Waals surface area contributed by atoms with Gasteiger partial charge in [0, 0.05) is 29.6 Å². The molecule has 1 atom stereocenters. The molecule has 0 radical (unpaired) electrons. The molecule has 0 bridgehead atoms. The third-order valence-electron chi connectivity index (χ3n) is 3.37. The van der Waals surface area contributed by atoms with Crippen LogP contribution in [0.15, 0.2) is 18.2 Å². The summed E-state index contributed by atoms with van der Waals surface area (Å²) in [5.74, 6) is 1.56. The predicted molar refractivity (Wildman–Crippen MR) is 67.3 cm³/mol. The van der Waals surface area contributed by atoms with E-state index in [4.69, 9.17) is 4.74 Å². The highest BCUT2D eigenvalue weighted by molar-refractivity contribution is 5.82. The van der Waals surface area contributed by atoms with Gasteiger partial charge in [0.15, 0.2) is 0 Å². The number of ether oxygens (including phenoxy) is 1. The Kier molecular flexibility index (Phi) is 2.73. The molecule has 0 saturated carbocycles. The van der Waals surface area contributed by atoms with Gasteiger partial charge in [-0.2, -0.15) is 5.10 Å². The smallest absolute Gasteiger partial charge is 0.121 e. The number of nitrogens with one attached hydrogen (secondary N) is 2. The largest absolute Gasteiger partial charge is 0.493 e. The van der Waals surface area contributed by atoms with E-state index in [1.54, 1.807) is 0 Å². The van der Waals surface area contributed by atoms with Crippen molar-refractivity contribution < 1.29 is 4.74 Å². The van der Waals surface area contributed by atoms with Crippen molar-refractivity contribution in [2.75, 3.05) is 19.7 Å². The monoisotopic (exact) mass is 231 g/mol. The van der Waals surface area contributed by atoms with E-state index in [1.807, 2.05) is 19.1 Å². The van der Waals surface area contributed by atoms with Crippen LogP contribution < -0.4 is 10.1 Å². The molecular formula is C13H17N3O. The fraction of sp³-hybridized carbons (Fsp3) is 0.462. The van der Waals surface area contributed by atoms with Gasteiger partial charge in [0.25, 0.3) is 0 Å². The summed E-state index contributed by atoms with van der Waals surface area (Å²) in [4.78, 5) is 0. The Balaban J connectivity index is 1.72. The van der Waals surface area contributed by atoms with E-state index in [1.165, 1.54) is 11.8 Å². The summed E-state index contributed by atoms with van der Waals surface area (Å²) in [5.41, 5.74) is 2.08. The van der Waals surface area contributed by atoms with Gasteiger partial charge < -0.3 is 10.1 Å². The zero-order valence-corrected chi connectivity index (χ0v) is 9.99. The Morgan fingerprint density at radius 3 is 3.24 bits per heavy atom. The average molecular weight is 231 g/mol. The van der Waals surface area contributed by atoms with E-state index in [0.29, 0.717) is 5.92 Å². The highest BCUT2D eigenvalue weighted by Crippen LogP contribution is 2.22. The third kappa shape index (κ3) is 2.13. The Hall–Kier alpha value is -1.55. The Morgan fingerprint density at radius 1 is 1.47 bits per heavy atom. The van der Waals surface area contributed by atoms with Gasteiger partial charge in [-0.15, -0.1) is 0 Å². The summed E-state index contributed by atoms with van der Waals surface area (Å²) in [7, 11) is 0. The summed E-state index contributed by atoms with van der Waals surface area (Å²) >= 11 is 0. The maximum Gasteiger partial charge on any atom is 0.121 e. The van der Waals surface area contributed by atoms with Crippen LogP contribution in [0.25, 0.3) is 10.9 Å². The molecule has 1 unspecified atom stereocenters. The first-order chi connectivity index (χ1) is 8.33. The summed E-state index contributed by atoms with van der Waals surface area (Å²) in [6, 6.07) is 6.09. The van der Waals surface area contributed by atoms with Gasteiger partial charge in [0.05, 0.1) is 12.1 Å². The fourth-order valence-electron chi connectivity index (χ4n) is 2.29. The molecule has 4 heteroatoms. The topological polar surface area (TPSA) is 49.9 Å². The molecule has 4 nitrogen and oxygen atoms in total. The van der Waals surface area contributed by atoms with E-state index in [0.717, 1.165) is 36.7 Å². The first-order valence-electron chi connectivity index (χ1n) is 6.11. The lowest BCUT2D eigenvalue weighted by atomic mass is 10.1. The molecule has 1 aromatic carbocycles. The third-order valence-corrected chi connectivity index (χ3v) is 3.37. The van der Waals surface area contributed by atoms with Crippen molar-refractivity contribution in [2.24, 2.45) is 5.92 Å². The lowest BCUT2D eigenvalue weighted by Gasteiger charge is -2.10. The number of fused-ring (bicyclic) bond motifs is 1. The molecule has 1 aliphatic rings. The van der Waals surface area contributed by atoms with Gasteiger partial charge in [0.2, 0.25) is 0 Å². The second-order valence-electron chi connectivity index (χ2n) is 4.70. The molecule has 2 heterocycles. The second-order valence-corrected chi connectivity index (χ2v) is 4.70. The predicted octanol–water partition coefficient (Wildman–Crippen LogP) is 1.86. The minimum Gasteiger partial charge on any atom is -0.493 e. The molecule has 0 spiro atoms. The second kappa shape index (κ2) is 4.37. The maximum atomic E-state index is 5.81. The van der Waals surface area contributed by atoms with Crippen LogP contribution in [-0.4, -0.2) is 29.9 Å². The van der Waals surface area contributed by atoms with E-state index in [2.05, 4.69) is 21.6 Å². The van der Waals surface area contributed by atoms with Gasteiger partial charge >= 0.3 is 0 Å². The zero-order chi connectivity index (χ0) is 11.7. The fourth-order valence-corrected chi connectivity index (χ4v) is 2.29. The number of hydrogen-bond donors (Lipinski definition) is 2. The minimum absolute atomic E-state index is 0.645. The number of aromatic nitrogens is 2. The van der Waals surface area contributed by atoms with Crippen molar-refractivity contribution in [2.45, 2.75) is 13.3 Å². The van der Waals surface area contributed by atoms with Crippen LogP contribution in [0, 0.1) is 12.8 Å². The number of H-pyrrole nitrogens is 1. The van der Waals surface area contributed by atoms with Crippen molar-refractivity contribution in [1.82, 2.24) is 15.5 Å². The first-order valence-corrected chi connectivity index (χ1v) is 6.11. The molecule has 1 aromatic heterocycles. The average Bonchev–Trinajstić information content (AvgIpc) is 2.97. The molecular weight excluding hydrogens is 214 g/mol. The first kappa shape index (κ1) is 10.6. The van der Waals surface area contributed by atoms with Crippen LogP contribution in [0.2, 0.25) is 0 Å². The number of aromatic amines is 1. The van der Waals surface area contributed by atoms with Crippen LogP contribution in [0.1, 0.15) is 12.1 Å². The van der Waals surface area contributed by atoms with E-state index < -0.39 is 0 Å². The Labute approximate surface area is 100 Å². The molecule has 1 saturated heterocycles. The molecule has 1 fully saturated rings. The van der Waals surface area contributed by atoms with E-state index in [9.17, 15) is 0 Å². The lowest BCUT2D eigenvalue weighted by molar-refractivity contribution is 0.260. The molecule has 2 N–H and O–H groups in total. The van der Waals surface area contributed by atoms with Gasteiger partial charge in [-0.25, -0.2) is 0 Å². The number of benzene rings is 1. The van der Waals surface area contributed by atoms with Crippen LogP contribution in [-0.2, 0) is 0 Å². The maximum absolute atomic E-state index is 5.81. The van der Waals surface area contributed by atoms with Crippen LogP contribution in [0.4, 0.5) is 0 Å². The van der Waals surface area contributed by atoms with Crippen molar-refractivity contribution in [3.63, 3.8) is 0 Å². The number of rotatable bonds is 3. The van der Waals surface area contributed by atoms with Crippen LogP contribution in [0.3, 0.4) is 0 Å². The van der Waals surface area contributed by atoms with Crippen molar-refractivity contribution in [3.05, 3.63) is 23.9 Å². The molecule has 2 aromatic rings. The normalized spacial score (nSPS) is 19.9. The van der Waals surface area contributed by atoms with Gasteiger partial charge in [0.1, 0.15) is 5.75 Å². The van der Waals surface area contributed by atoms with Gasteiger partial charge in [-0.3, -0.25) is 5.10 Å². The Morgan fingerprint density at radius 2 is 2.41 bits per heavy atom. The highest BCUT2D eigenvalue weighted by Gasteiger charge is 2.15. The minimum atomic E-state index is 0.645. The number of nitrogens with zero attached hydrogens (tertiary/aromatic N) is 1. The SMILES string of the molecule is Cc1[nH]nc2cc(OCC3CCNC3)ccc12. The molecule has 0 amide bonds. The van der Waals surface area contributed by atoms with Crippen LogP contribution in [0.5, 0.6) is 5.75 Å². The molecule has 3 rings (SSSR count). The Bertz CT molecular complexity index is 514. The molecule has 1 aliphatic heterocycles. The summed E-state index contributed by atoms with van der Waals surface area (Å²) in [6.45, 7) is 5.01. The zero-order valence-electron chi connectivity index (χ0n) is 9.99. The molecule has 0 aliphatic carbocycles. The van der Waals surface area contributed by atoms with Crippen molar-refractivity contribution in [3.8, 4) is 5.75 Å². The van der Waals surface area contributed by atoms with Gasteiger partial charge in [-0.05, 0) is 32.0 Å². The molecule has 17 heavy (non-hydrogen) atoms. The van der Waals surface area contributed by atoms with Crippen molar-refractivity contribution >= 4 is 10.9 Å². The quantitative estimate of drug-likeness (QED) is 0.847. The standard InChI is InChI=1S/C13H17N3O/c1-9-12-3-2-11(6-13(12)16-15-9)17-8-10-4-5-14-7-10/h2-3,6,10,14H,4-5,7-8H2,1H3,(H,15,16). The summed E-state index contributed by atoms with van der Waals surface area (Å²) in [5, 5.41) is 11.7.